The number of benzene rings is 1. The van der Waals surface area contributed by atoms with E-state index < -0.39 is 0 Å². The summed E-state index contributed by atoms with van der Waals surface area (Å²) in [4.78, 5) is 18.9. The van der Waals surface area contributed by atoms with Crippen LogP contribution in [0.2, 0.25) is 0 Å². The van der Waals surface area contributed by atoms with Crippen LogP contribution in [0.3, 0.4) is 0 Å². The van der Waals surface area contributed by atoms with E-state index in [1.807, 2.05) is 36.4 Å². The molecule has 3 rings (SSSR count). The zero-order valence-corrected chi connectivity index (χ0v) is 10.2. The lowest BCUT2D eigenvalue weighted by molar-refractivity contribution is 0.0468. The molecule has 4 heteroatoms. The van der Waals surface area contributed by atoms with Crippen molar-refractivity contribution in [1.82, 2.24) is 9.97 Å². The molecule has 0 atom stereocenters. The molecule has 0 aliphatic rings. The van der Waals surface area contributed by atoms with Gasteiger partial charge in [0.15, 0.2) is 0 Å². The lowest BCUT2D eigenvalue weighted by Crippen LogP contribution is -2.05. The topological polar surface area (TPSA) is 55.0 Å². The van der Waals surface area contributed by atoms with Crippen LogP contribution in [0, 0.1) is 0 Å². The molecule has 0 bridgehead atoms. The molecule has 0 aliphatic heterocycles. The van der Waals surface area contributed by atoms with Crippen LogP contribution < -0.4 is 0 Å². The predicted octanol–water partition coefficient (Wildman–Crippen LogP) is 2.92. The first-order chi connectivity index (χ1) is 9.33. The van der Waals surface area contributed by atoms with Gasteiger partial charge in [-0.2, -0.15) is 0 Å². The van der Waals surface area contributed by atoms with Crippen molar-refractivity contribution in [2.24, 2.45) is 0 Å². The molecule has 0 fully saturated rings. The number of aromatic amines is 1. The Morgan fingerprint density at radius 2 is 2.05 bits per heavy atom. The molecule has 0 aliphatic carbocycles. The molecule has 0 amide bonds. The lowest BCUT2D eigenvalue weighted by Gasteiger charge is -2.04. The maximum atomic E-state index is 11.7. The molecular formula is C15H12N2O2. The highest BCUT2D eigenvalue weighted by molar-refractivity contribution is 5.89. The molecule has 2 heterocycles. The van der Waals surface area contributed by atoms with E-state index in [2.05, 4.69) is 9.97 Å². The number of ether oxygens (including phenoxy) is 1. The van der Waals surface area contributed by atoms with Gasteiger partial charge in [0.05, 0.1) is 16.8 Å². The van der Waals surface area contributed by atoms with Gasteiger partial charge in [0.25, 0.3) is 0 Å². The van der Waals surface area contributed by atoms with E-state index in [0.29, 0.717) is 5.56 Å². The minimum Gasteiger partial charge on any atom is -0.456 e. The molecule has 94 valence electrons. The first kappa shape index (κ1) is 11.5. The SMILES string of the molecule is O=C(OCc1ccc2ccccc2n1)c1cc[nH]c1. The van der Waals surface area contributed by atoms with E-state index >= 15 is 0 Å². The number of esters is 1. The average Bonchev–Trinajstić information content (AvgIpc) is 2.99. The van der Waals surface area contributed by atoms with Crippen LogP contribution in [-0.4, -0.2) is 15.9 Å². The first-order valence-electron chi connectivity index (χ1n) is 5.97. The zero-order valence-electron chi connectivity index (χ0n) is 10.2. The number of carbonyl (C=O) groups excluding carboxylic acids is 1. The van der Waals surface area contributed by atoms with Crippen LogP contribution in [0.1, 0.15) is 16.1 Å². The predicted molar refractivity (Wildman–Crippen MR) is 71.7 cm³/mol. The van der Waals surface area contributed by atoms with Crippen LogP contribution >= 0.6 is 0 Å². The Morgan fingerprint density at radius 3 is 2.89 bits per heavy atom. The van der Waals surface area contributed by atoms with Gasteiger partial charge in [-0.15, -0.1) is 0 Å². The fourth-order valence-electron chi connectivity index (χ4n) is 1.86. The minimum absolute atomic E-state index is 0.175. The van der Waals surface area contributed by atoms with Crippen molar-refractivity contribution in [3.63, 3.8) is 0 Å². The number of para-hydroxylation sites is 1. The second-order valence-corrected chi connectivity index (χ2v) is 4.17. The largest absolute Gasteiger partial charge is 0.456 e. The van der Waals surface area contributed by atoms with Crippen LogP contribution in [0.4, 0.5) is 0 Å². The Bertz CT molecular complexity index is 705. The van der Waals surface area contributed by atoms with Crippen LogP contribution in [-0.2, 0) is 11.3 Å². The van der Waals surface area contributed by atoms with Crippen molar-refractivity contribution in [3.8, 4) is 0 Å². The number of rotatable bonds is 3. The molecule has 1 N–H and O–H groups in total. The summed E-state index contributed by atoms with van der Waals surface area (Å²) < 4.78 is 5.20. The van der Waals surface area contributed by atoms with Gasteiger partial charge < -0.3 is 9.72 Å². The maximum Gasteiger partial charge on any atom is 0.340 e. The number of nitrogens with one attached hydrogen (secondary N) is 1. The molecule has 0 radical (unpaired) electrons. The highest BCUT2D eigenvalue weighted by Crippen LogP contribution is 2.12. The Balaban J connectivity index is 1.73. The molecule has 0 saturated heterocycles. The highest BCUT2D eigenvalue weighted by atomic mass is 16.5. The number of nitrogens with zero attached hydrogens (tertiary/aromatic N) is 1. The van der Waals surface area contributed by atoms with E-state index in [-0.39, 0.29) is 12.6 Å². The van der Waals surface area contributed by atoms with Crippen molar-refractivity contribution < 1.29 is 9.53 Å². The zero-order chi connectivity index (χ0) is 13.1. The minimum atomic E-state index is -0.351. The summed E-state index contributed by atoms with van der Waals surface area (Å²) in [6.45, 7) is 0.175. The number of pyridine rings is 1. The van der Waals surface area contributed by atoms with Gasteiger partial charge in [0.2, 0.25) is 0 Å². The average molecular weight is 252 g/mol. The molecule has 1 aromatic carbocycles. The molecule has 2 aromatic heterocycles. The number of aromatic nitrogens is 2. The highest BCUT2D eigenvalue weighted by Gasteiger charge is 2.07. The Hall–Kier alpha value is -2.62. The summed E-state index contributed by atoms with van der Waals surface area (Å²) in [6, 6.07) is 13.4. The monoisotopic (exact) mass is 252 g/mol. The first-order valence-corrected chi connectivity index (χ1v) is 5.97. The Kier molecular flexibility index (Phi) is 2.98. The van der Waals surface area contributed by atoms with E-state index in [4.69, 9.17) is 4.74 Å². The van der Waals surface area contributed by atoms with E-state index in [0.717, 1.165) is 16.6 Å². The number of hydrogen-bond donors (Lipinski definition) is 1. The molecule has 3 aromatic rings. The third-order valence-electron chi connectivity index (χ3n) is 2.84. The van der Waals surface area contributed by atoms with Gasteiger partial charge in [-0.3, -0.25) is 0 Å². The summed E-state index contributed by atoms with van der Waals surface area (Å²) in [5, 5.41) is 1.07. The maximum absolute atomic E-state index is 11.7. The van der Waals surface area contributed by atoms with Crippen LogP contribution in [0.5, 0.6) is 0 Å². The Morgan fingerprint density at radius 1 is 1.16 bits per heavy atom. The summed E-state index contributed by atoms with van der Waals surface area (Å²) in [7, 11) is 0. The van der Waals surface area contributed by atoms with E-state index in [1.165, 1.54) is 0 Å². The van der Waals surface area contributed by atoms with E-state index in [9.17, 15) is 4.79 Å². The number of H-pyrrole nitrogens is 1. The van der Waals surface area contributed by atoms with Crippen molar-refractivity contribution in [1.29, 1.82) is 0 Å². The van der Waals surface area contributed by atoms with Crippen LogP contribution in [0.15, 0.2) is 54.9 Å². The second kappa shape index (κ2) is 4.94. The van der Waals surface area contributed by atoms with Gasteiger partial charge in [0.1, 0.15) is 6.61 Å². The van der Waals surface area contributed by atoms with E-state index in [1.54, 1.807) is 18.5 Å². The summed E-state index contributed by atoms with van der Waals surface area (Å²) >= 11 is 0. The number of fused-ring (bicyclic) bond motifs is 1. The summed E-state index contributed by atoms with van der Waals surface area (Å²) in [5.41, 5.74) is 2.15. The number of hydrogen-bond acceptors (Lipinski definition) is 3. The Labute approximate surface area is 110 Å². The van der Waals surface area contributed by atoms with Crippen molar-refractivity contribution in [2.45, 2.75) is 6.61 Å². The fourth-order valence-corrected chi connectivity index (χ4v) is 1.86. The standard InChI is InChI=1S/C15H12N2O2/c18-15(12-7-8-16-9-12)19-10-13-6-5-11-3-1-2-4-14(11)17-13/h1-9,16H,10H2. The smallest absolute Gasteiger partial charge is 0.340 e. The molecule has 0 spiro atoms. The molecule has 19 heavy (non-hydrogen) atoms. The van der Waals surface area contributed by atoms with Gasteiger partial charge in [-0.1, -0.05) is 24.3 Å². The van der Waals surface area contributed by atoms with Gasteiger partial charge in [-0.05, 0) is 18.2 Å². The normalized spacial score (nSPS) is 10.5. The van der Waals surface area contributed by atoms with Gasteiger partial charge in [0, 0.05) is 17.8 Å². The summed E-state index contributed by atoms with van der Waals surface area (Å²) in [5.74, 6) is -0.351. The van der Waals surface area contributed by atoms with Gasteiger partial charge in [-0.25, -0.2) is 9.78 Å². The van der Waals surface area contributed by atoms with Crippen molar-refractivity contribution in [2.75, 3.05) is 0 Å². The van der Waals surface area contributed by atoms with Gasteiger partial charge >= 0.3 is 5.97 Å². The van der Waals surface area contributed by atoms with Crippen molar-refractivity contribution >= 4 is 16.9 Å². The second-order valence-electron chi connectivity index (χ2n) is 4.17. The summed E-state index contributed by atoms with van der Waals surface area (Å²) in [6.07, 6.45) is 3.29. The number of carbonyl (C=O) groups is 1. The fraction of sp³-hybridized carbons (Fsp3) is 0.0667. The molecule has 0 unspecified atom stereocenters. The quantitative estimate of drug-likeness (QED) is 0.729. The molecule has 4 nitrogen and oxygen atoms in total. The third kappa shape index (κ3) is 2.47. The molecule has 0 saturated carbocycles. The lowest BCUT2D eigenvalue weighted by atomic mass is 10.2. The van der Waals surface area contributed by atoms with Crippen molar-refractivity contribution in [3.05, 3.63) is 66.1 Å². The van der Waals surface area contributed by atoms with Crippen LogP contribution in [0.25, 0.3) is 10.9 Å². The third-order valence-corrected chi connectivity index (χ3v) is 2.84. The molecular weight excluding hydrogens is 240 g/mol.